The van der Waals surface area contributed by atoms with Crippen LogP contribution in [0.3, 0.4) is 0 Å². The summed E-state index contributed by atoms with van der Waals surface area (Å²) in [7, 11) is 5.72. The van der Waals surface area contributed by atoms with Crippen LogP contribution in [0.2, 0.25) is 0 Å². The zero-order valence-corrected chi connectivity index (χ0v) is 41.8. The van der Waals surface area contributed by atoms with Crippen LogP contribution in [-0.2, 0) is 57.2 Å². The Kier molecular flexibility index (Phi) is 26.7. The van der Waals surface area contributed by atoms with Crippen LogP contribution in [0.15, 0.2) is 21.2 Å². The van der Waals surface area contributed by atoms with Crippen LogP contribution in [0, 0.1) is 37.5 Å². The number of epoxide rings is 2. The minimum absolute atomic E-state index is 0. The van der Waals surface area contributed by atoms with Gasteiger partial charge in [0, 0.05) is 53.4 Å². The molecule has 23 nitrogen and oxygen atoms in total. The summed E-state index contributed by atoms with van der Waals surface area (Å²) in [5.41, 5.74) is 4.02. The molecule has 6 N–H and O–H groups in total. The highest BCUT2D eigenvalue weighted by atomic mass is 16.6. The number of hydrogen-bond donors (Lipinski definition) is 5. The molecule has 2 aromatic rings. The summed E-state index contributed by atoms with van der Waals surface area (Å²) >= 11 is 0. The lowest BCUT2D eigenvalue weighted by Crippen LogP contribution is -2.50. The average Bonchev–Trinajstić information content (AvgIpc) is 4.11. The zero-order chi connectivity index (χ0) is 52.2. The van der Waals surface area contributed by atoms with E-state index in [1.165, 1.54) is 40.6 Å². The highest BCUT2D eigenvalue weighted by molar-refractivity contribution is 6.00. The third-order valence-electron chi connectivity index (χ3n) is 10.7. The van der Waals surface area contributed by atoms with Gasteiger partial charge in [0.15, 0.2) is 34.5 Å². The Morgan fingerprint density at radius 3 is 1.34 bits per heavy atom. The Hall–Kier alpha value is -5.30. The molecule has 0 bridgehead atoms. The molecule has 2 saturated heterocycles. The van der Waals surface area contributed by atoms with E-state index in [0.29, 0.717) is 37.6 Å². The number of hydrogen-bond acceptors (Lipinski definition) is 19. The minimum atomic E-state index is -1.06. The number of carboxylic acids is 1. The van der Waals surface area contributed by atoms with Crippen LogP contribution in [0.25, 0.3) is 0 Å². The fourth-order valence-electron chi connectivity index (χ4n) is 6.69. The topological polar surface area (TPSA) is 333 Å². The second kappa shape index (κ2) is 29.8. The van der Waals surface area contributed by atoms with E-state index < -0.39 is 76.7 Å². The summed E-state index contributed by atoms with van der Waals surface area (Å²) in [6.45, 7) is 15.2. The van der Waals surface area contributed by atoms with Gasteiger partial charge >= 0.3 is 5.97 Å². The van der Waals surface area contributed by atoms with Gasteiger partial charge in [0.25, 0.3) is 5.91 Å². The summed E-state index contributed by atoms with van der Waals surface area (Å²) in [4.78, 5) is 98.9. The Bertz CT molecular complexity index is 2020. The van der Waals surface area contributed by atoms with Gasteiger partial charge in [0.2, 0.25) is 11.8 Å². The second-order valence-electron chi connectivity index (χ2n) is 18.3. The predicted molar refractivity (Wildman–Crippen MR) is 251 cm³/mol. The first-order valence-corrected chi connectivity index (χ1v) is 22.5. The molecule has 0 aliphatic carbocycles. The number of rotatable bonds is 29. The number of methoxy groups -OCH3 is 4. The molecule has 0 saturated carbocycles. The quantitative estimate of drug-likeness (QED) is 0.0730. The number of ether oxygens (including phenoxy) is 6. The molecule has 4 heterocycles. The number of aromatic nitrogens is 2. The van der Waals surface area contributed by atoms with Crippen molar-refractivity contribution in [1.82, 2.24) is 26.3 Å². The van der Waals surface area contributed by atoms with Gasteiger partial charge in [-0.2, -0.15) is 0 Å². The van der Waals surface area contributed by atoms with E-state index >= 15 is 0 Å². The van der Waals surface area contributed by atoms with Gasteiger partial charge in [-0.25, -0.2) is 4.79 Å². The first-order valence-electron chi connectivity index (χ1n) is 22.5. The first-order chi connectivity index (χ1) is 32.3. The Balaban J connectivity index is 0.000000599. The number of ketones is 4. The molecule has 8 atom stereocenters. The van der Waals surface area contributed by atoms with Crippen molar-refractivity contribution in [3.05, 3.63) is 35.0 Å². The standard InChI is InChI=1S/C23H35N3O8.C18H32N2O6.C5H5NO3.CH4/c1-13(2)7-16(20(28)23(4)12-33-23)24-21(29)15(10-31-5)9-19(27)18(11-32-6)25-22(30)17-8-14(3)34-26-17;1-11(2)6-14(16(22)18(3)10-26-18)20-17(23)12(8-24-4)7-15(21)13(19)9-25-5;1-3-2-4(5(7)8)6-9-3;/h8,13,15-16,18H,7,9-12H2,1-6H3,(H,24,29)(H,25,30);11-14H,6-10,19H2,1-5H3,(H,20,23);2H,1H3,(H,7,8);1H4/t15-,16-,18-,23+;12-,13-,14-,18+;;/m00../s1. The normalized spacial score (nSPS) is 19.2. The summed E-state index contributed by atoms with van der Waals surface area (Å²) in [5, 5.41) is 23.3. The van der Waals surface area contributed by atoms with Gasteiger partial charge in [0.1, 0.15) is 28.8 Å². The number of carbonyl (C=O) groups excluding carboxylic acids is 7. The summed E-state index contributed by atoms with van der Waals surface area (Å²) < 4.78 is 40.1. The van der Waals surface area contributed by atoms with Gasteiger partial charge in [-0.3, -0.25) is 33.6 Å². The van der Waals surface area contributed by atoms with Crippen molar-refractivity contribution in [3.63, 3.8) is 0 Å². The third-order valence-corrected chi connectivity index (χ3v) is 10.7. The molecule has 2 aliphatic rings. The molecule has 23 heteroatoms. The first kappa shape index (κ1) is 62.7. The minimum Gasteiger partial charge on any atom is -0.476 e. The molecule has 4 rings (SSSR count). The van der Waals surface area contributed by atoms with E-state index in [0.717, 1.165) is 0 Å². The van der Waals surface area contributed by atoms with E-state index in [-0.39, 0.29) is 87.3 Å². The number of aromatic carboxylic acids is 1. The second-order valence-corrected chi connectivity index (χ2v) is 18.3. The van der Waals surface area contributed by atoms with Gasteiger partial charge in [-0.1, -0.05) is 45.4 Å². The van der Waals surface area contributed by atoms with Crippen molar-refractivity contribution in [2.45, 2.75) is 124 Å². The van der Waals surface area contributed by atoms with Gasteiger partial charge in [0.05, 0.1) is 69.6 Å². The molecule has 0 aromatic carbocycles. The van der Waals surface area contributed by atoms with Crippen LogP contribution in [0.4, 0.5) is 0 Å². The maximum absolute atomic E-state index is 13.1. The lowest BCUT2D eigenvalue weighted by atomic mass is 9.92. The molecule has 0 spiro atoms. The molecule has 0 unspecified atom stereocenters. The Labute approximate surface area is 409 Å². The Morgan fingerprint density at radius 1 is 0.643 bits per heavy atom. The average molecular weight is 997 g/mol. The molecule has 2 aromatic heterocycles. The summed E-state index contributed by atoms with van der Waals surface area (Å²) in [5.74, 6) is -3.82. The molecular weight excluding hydrogens is 921 g/mol. The van der Waals surface area contributed by atoms with Crippen LogP contribution in [0.1, 0.15) is 107 Å². The highest BCUT2D eigenvalue weighted by Crippen LogP contribution is 2.31. The van der Waals surface area contributed by atoms with Crippen LogP contribution >= 0.6 is 0 Å². The van der Waals surface area contributed by atoms with Gasteiger partial charge in [-0.05, 0) is 52.4 Å². The largest absolute Gasteiger partial charge is 0.476 e. The summed E-state index contributed by atoms with van der Waals surface area (Å²) in [6.07, 6.45) is 0.653. The highest BCUT2D eigenvalue weighted by Gasteiger charge is 2.51. The Morgan fingerprint density at radius 2 is 1.03 bits per heavy atom. The fraction of sp³-hybridized carbons (Fsp3) is 0.702. The number of amides is 3. The number of carbonyl (C=O) groups is 8. The van der Waals surface area contributed by atoms with Crippen molar-refractivity contribution in [2.75, 3.05) is 68.1 Å². The number of aryl methyl sites for hydroxylation is 2. The van der Waals surface area contributed by atoms with E-state index in [1.807, 2.05) is 27.7 Å². The number of nitrogens with one attached hydrogen (secondary N) is 3. The van der Waals surface area contributed by atoms with E-state index in [9.17, 15) is 38.4 Å². The van der Waals surface area contributed by atoms with Crippen LogP contribution in [0.5, 0.6) is 0 Å². The lowest BCUT2D eigenvalue weighted by molar-refractivity contribution is -0.135. The molecule has 70 heavy (non-hydrogen) atoms. The van der Waals surface area contributed by atoms with Gasteiger partial charge < -0.3 is 64.3 Å². The molecule has 3 amide bonds. The molecule has 2 aliphatic heterocycles. The van der Waals surface area contributed by atoms with Crippen molar-refractivity contribution in [2.24, 2.45) is 29.4 Å². The number of nitrogens with zero attached hydrogens (tertiary/aromatic N) is 2. The summed E-state index contributed by atoms with van der Waals surface area (Å²) in [6, 6.07) is -0.382. The maximum Gasteiger partial charge on any atom is 0.358 e. The number of carboxylic acid groups (broad SMARTS) is 1. The van der Waals surface area contributed by atoms with Crippen molar-refractivity contribution < 1.29 is 80.9 Å². The molecule has 2 fully saturated rings. The molecule has 396 valence electrons. The van der Waals surface area contributed by atoms with E-state index in [2.05, 4.69) is 30.8 Å². The number of Topliss-reactive ketones (excluding diaryl/α,β-unsaturated/α-hetero) is 4. The lowest BCUT2D eigenvalue weighted by Gasteiger charge is -2.25. The SMILES string of the molecule is C.COC[C@H](CC(=O)[C@@H](N)COC)C(=O)N[C@@H](CC(C)C)C(=O)[C@@]1(C)CO1.COC[C@H](CC(=O)[C@H](COC)NC(=O)c1cc(C)on1)C(=O)N[C@@H](CC(C)C)C(=O)[C@@]1(C)CO1.Cc1cc(C(=O)O)no1. The maximum atomic E-state index is 13.1. The smallest absolute Gasteiger partial charge is 0.358 e. The monoisotopic (exact) mass is 997 g/mol. The van der Waals surface area contributed by atoms with Crippen molar-refractivity contribution in [1.29, 1.82) is 0 Å². The fourth-order valence-corrected chi connectivity index (χ4v) is 6.69. The zero-order valence-electron chi connectivity index (χ0n) is 41.8. The van der Waals surface area contributed by atoms with Crippen LogP contribution in [-0.4, -0.2) is 166 Å². The molecular formula is C47H76N6O17. The van der Waals surface area contributed by atoms with Crippen molar-refractivity contribution in [3.8, 4) is 0 Å². The van der Waals surface area contributed by atoms with Crippen molar-refractivity contribution >= 4 is 46.8 Å². The molecule has 0 radical (unpaired) electrons. The third kappa shape index (κ3) is 21.0. The van der Waals surface area contributed by atoms with E-state index in [1.54, 1.807) is 27.7 Å². The number of nitrogens with two attached hydrogens (primary N) is 1. The van der Waals surface area contributed by atoms with Gasteiger partial charge in [-0.15, -0.1) is 0 Å². The van der Waals surface area contributed by atoms with Crippen LogP contribution < -0.4 is 21.7 Å². The predicted octanol–water partition coefficient (Wildman–Crippen LogP) is 2.23. The van der Waals surface area contributed by atoms with E-state index in [4.69, 9.17) is 43.8 Å².